The van der Waals surface area contributed by atoms with E-state index in [0.717, 1.165) is 17.9 Å². The van der Waals surface area contributed by atoms with Crippen molar-refractivity contribution in [1.82, 2.24) is 19.8 Å². The van der Waals surface area contributed by atoms with Crippen LogP contribution < -0.4 is 4.74 Å². The minimum atomic E-state index is 0.559. The van der Waals surface area contributed by atoms with Crippen molar-refractivity contribution in [3.63, 3.8) is 0 Å². The molecule has 0 saturated heterocycles. The van der Waals surface area contributed by atoms with Crippen molar-refractivity contribution in [1.29, 1.82) is 0 Å². The predicted molar refractivity (Wildman–Crippen MR) is 83.6 cm³/mol. The van der Waals surface area contributed by atoms with Gasteiger partial charge in [-0.15, -0.1) is 20.4 Å². The Hall–Kier alpha value is -2.41. The molecule has 1 N–H and O–H groups in total. The fourth-order valence-electron chi connectivity index (χ4n) is 2.17. The highest BCUT2D eigenvalue weighted by Gasteiger charge is 2.14. The zero-order valence-corrected chi connectivity index (χ0v) is 13.2. The number of hydrogen-bond donors (Lipinski definition) is 1. The van der Waals surface area contributed by atoms with Gasteiger partial charge in [0.25, 0.3) is 0 Å². The Morgan fingerprint density at radius 3 is 2.86 bits per heavy atom. The van der Waals surface area contributed by atoms with Crippen LogP contribution in [0.1, 0.15) is 18.4 Å². The van der Waals surface area contributed by atoms with Crippen LogP contribution >= 0.6 is 11.6 Å². The smallest absolute Gasteiger partial charge is 0.205 e. The number of aromatic amines is 1. The topological polar surface area (TPSA) is 79.9 Å². The normalized spacial score (nSPS) is 11.6. The molecule has 0 spiro atoms. The molecule has 0 aliphatic carbocycles. The van der Waals surface area contributed by atoms with Crippen molar-refractivity contribution in [2.24, 2.45) is 10.2 Å². The Balaban J connectivity index is 2.04. The van der Waals surface area contributed by atoms with Crippen LogP contribution in [0.4, 0.5) is 11.4 Å². The second-order valence-corrected chi connectivity index (χ2v) is 5.17. The molecule has 7 nitrogen and oxygen atoms in total. The first kappa shape index (κ1) is 14.5. The summed E-state index contributed by atoms with van der Waals surface area (Å²) >= 11 is 5.99. The van der Waals surface area contributed by atoms with Crippen molar-refractivity contribution < 1.29 is 4.74 Å². The second kappa shape index (κ2) is 5.76. The monoisotopic (exact) mass is 318 g/mol. The summed E-state index contributed by atoms with van der Waals surface area (Å²) in [4.78, 5) is 0. The maximum Gasteiger partial charge on any atom is 0.205 e. The molecule has 3 rings (SSSR count). The lowest BCUT2D eigenvalue weighted by molar-refractivity contribution is 0.416. The number of halogens is 1. The number of nitrogens with zero attached hydrogens (tertiary/aromatic N) is 5. The van der Waals surface area contributed by atoms with Crippen molar-refractivity contribution in [3.8, 4) is 5.75 Å². The van der Waals surface area contributed by atoms with Gasteiger partial charge in [-0.1, -0.05) is 18.5 Å². The van der Waals surface area contributed by atoms with Crippen molar-refractivity contribution in [2.45, 2.75) is 20.3 Å². The van der Waals surface area contributed by atoms with Crippen molar-refractivity contribution >= 4 is 28.6 Å². The van der Waals surface area contributed by atoms with E-state index in [1.807, 2.05) is 18.4 Å². The van der Waals surface area contributed by atoms with Crippen LogP contribution in [-0.2, 0) is 6.42 Å². The number of aromatic nitrogens is 4. The average molecular weight is 319 g/mol. The molecular formula is C14H15ClN6O. The molecule has 1 aromatic carbocycles. The molecule has 0 bridgehead atoms. The zero-order valence-electron chi connectivity index (χ0n) is 12.5. The van der Waals surface area contributed by atoms with Crippen LogP contribution in [0.25, 0.3) is 5.65 Å². The summed E-state index contributed by atoms with van der Waals surface area (Å²) in [5.74, 6) is 1.45. The first-order valence-corrected chi connectivity index (χ1v) is 7.19. The third-order valence-electron chi connectivity index (χ3n) is 3.29. The standard InChI is InChI=1S/C14H15ClN6O/c1-4-12-17-19-14-13(8(2)20-21(12)14)18-16-10-7-9(15)5-6-11(10)22-3/h5-7,20H,4H2,1-3H3. The number of methoxy groups -OCH3 is 1. The Morgan fingerprint density at radius 2 is 2.14 bits per heavy atom. The van der Waals surface area contributed by atoms with E-state index in [0.29, 0.717) is 27.8 Å². The van der Waals surface area contributed by atoms with E-state index in [4.69, 9.17) is 16.3 Å². The number of nitrogens with one attached hydrogen (secondary N) is 1. The summed E-state index contributed by atoms with van der Waals surface area (Å²) in [7, 11) is 1.58. The largest absolute Gasteiger partial charge is 0.494 e. The number of rotatable bonds is 4. The van der Waals surface area contributed by atoms with Gasteiger partial charge in [0.15, 0.2) is 11.5 Å². The molecule has 0 amide bonds. The lowest BCUT2D eigenvalue weighted by atomic mass is 10.3. The zero-order chi connectivity index (χ0) is 15.7. The number of azo groups is 1. The quantitative estimate of drug-likeness (QED) is 0.738. The van der Waals surface area contributed by atoms with Crippen LogP contribution in [0, 0.1) is 6.92 Å². The Labute approximate surface area is 132 Å². The third-order valence-corrected chi connectivity index (χ3v) is 3.53. The van der Waals surface area contributed by atoms with Crippen molar-refractivity contribution in [2.75, 3.05) is 7.11 Å². The number of fused-ring (bicyclic) bond motifs is 1. The van der Waals surface area contributed by atoms with Gasteiger partial charge in [0.2, 0.25) is 5.65 Å². The molecular weight excluding hydrogens is 304 g/mol. The van der Waals surface area contributed by atoms with E-state index in [1.165, 1.54) is 0 Å². The molecule has 114 valence electrons. The summed E-state index contributed by atoms with van der Waals surface area (Å²) in [6.07, 6.45) is 0.778. The van der Waals surface area contributed by atoms with Gasteiger partial charge in [-0.3, -0.25) is 5.10 Å². The van der Waals surface area contributed by atoms with E-state index < -0.39 is 0 Å². The lowest BCUT2D eigenvalue weighted by Gasteiger charge is -2.02. The molecule has 22 heavy (non-hydrogen) atoms. The molecule has 2 heterocycles. The van der Waals surface area contributed by atoms with E-state index in [9.17, 15) is 0 Å². The highest BCUT2D eigenvalue weighted by atomic mass is 35.5. The molecule has 3 aromatic rings. The highest BCUT2D eigenvalue weighted by Crippen LogP contribution is 2.33. The Morgan fingerprint density at radius 1 is 1.32 bits per heavy atom. The summed E-state index contributed by atoms with van der Waals surface area (Å²) < 4.78 is 7.07. The van der Waals surface area contributed by atoms with Crippen LogP contribution in [0.3, 0.4) is 0 Å². The third kappa shape index (κ3) is 2.43. The van der Waals surface area contributed by atoms with Crippen LogP contribution in [0.2, 0.25) is 5.02 Å². The van der Waals surface area contributed by atoms with Gasteiger partial charge in [0.1, 0.15) is 11.4 Å². The summed E-state index contributed by atoms with van der Waals surface area (Å²) in [5.41, 5.74) is 2.72. The van der Waals surface area contributed by atoms with Gasteiger partial charge in [-0.2, -0.15) is 0 Å². The van der Waals surface area contributed by atoms with E-state index in [1.54, 1.807) is 25.3 Å². The second-order valence-electron chi connectivity index (χ2n) is 4.73. The molecule has 0 radical (unpaired) electrons. The molecule has 0 saturated carbocycles. The maximum absolute atomic E-state index is 5.99. The molecule has 0 aliphatic rings. The van der Waals surface area contributed by atoms with Gasteiger partial charge < -0.3 is 4.74 Å². The molecule has 0 fully saturated rings. The number of benzene rings is 1. The van der Waals surface area contributed by atoms with Gasteiger partial charge >= 0.3 is 0 Å². The SMILES string of the molecule is CCc1nnc2c(N=Nc3cc(Cl)ccc3OC)c(C)[nH]n12. The Kier molecular flexibility index (Phi) is 3.81. The number of ether oxygens (including phenoxy) is 1. The van der Waals surface area contributed by atoms with Crippen LogP contribution in [-0.4, -0.2) is 26.9 Å². The van der Waals surface area contributed by atoms with Gasteiger partial charge in [-0.25, -0.2) is 4.52 Å². The summed E-state index contributed by atoms with van der Waals surface area (Å²) in [6.45, 7) is 3.93. The van der Waals surface area contributed by atoms with Crippen molar-refractivity contribution in [3.05, 3.63) is 34.7 Å². The summed E-state index contributed by atoms with van der Waals surface area (Å²) in [6, 6.07) is 5.19. The van der Waals surface area contributed by atoms with Gasteiger partial charge in [0, 0.05) is 11.4 Å². The maximum atomic E-state index is 5.99. The molecule has 2 aromatic heterocycles. The number of H-pyrrole nitrogens is 1. The van der Waals surface area contributed by atoms with Gasteiger partial charge in [-0.05, 0) is 25.1 Å². The number of aryl methyl sites for hydroxylation is 2. The molecule has 0 atom stereocenters. The first-order chi connectivity index (χ1) is 10.6. The summed E-state index contributed by atoms with van der Waals surface area (Å²) in [5, 5.41) is 20.6. The molecule has 0 unspecified atom stereocenters. The van der Waals surface area contributed by atoms with E-state index in [2.05, 4.69) is 25.5 Å². The fraction of sp³-hybridized carbons (Fsp3) is 0.286. The first-order valence-electron chi connectivity index (χ1n) is 6.82. The minimum absolute atomic E-state index is 0.559. The Bertz CT molecular complexity index is 851. The average Bonchev–Trinajstić information content (AvgIpc) is 3.03. The van der Waals surface area contributed by atoms with Gasteiger partial charge in [0.05, 0.1) is 12.8 Å². The van der Waals surface area contributed by atoms with E-state index >= 15 is 0 Å². The number of hydrogen-bond acceptors (Lipinski definition) is 5. The molecule has 8 heteroatoms. The lowest BCUT2D eigenvalue weighted by Crippen LogP contribution is -1.92. The molecule has 0 aliphatic heterocycles. The van der Waals surface area contributed by atoms with E-state index in [-0.39, 0.29) is 0 Å². The fourth-order valence-corrected chi connectivity index (χ4v) is 2.34. The highest BCUT2D eigenvalue weighted by molar-refractivity contribution is 6.30. The van der Waals surface area contributed by atoms with Crippen LogP contribution in [0.5, 0.6) is 5.75 Å². The minimum Gasteiger partial charge on any atom is -0.494 e. The van der Waals surface area contributed by atoms with Crippen LogP contribution in [0.15, 0.2) is 28.4 Å². The predicted octanol–water partition coefficient (Wildman–Crippen LogP) is 4.01.